The molecule has 0 bridgehead atoms. The highest BCUT2D eigenvalue weighted by molar-refractivity contribution is 7.90. The summed E-state index contributed by atoms with van der Waals surface area (Å²) in [5, 5.41) is 3.95. The molecule has 2 rings (SSSR count). The molecule has 6 nitrogen and oxygen atoms in total. The van der Waals surface area contributed by atoms with Gasteiger partial charge in [-0.25, -0.2) is 22.5 Å². The lowest BCUT2D eigenvalue weighted by molar-refractivity contribution is 0.600. The van der Waals surface area contributed by atoms with Gasteiger partial charge in [0.15, 0.2) is 9.84 Å². The van der Waals surface area contributed by atoms with Crippen molar-refractivity contribution in [3.8, 4) is 0 Å². The minimum absolute atomic E-state index is 0.0233. The molecule has 0 aliphatic rings. The Kier molecular flexibility index (Phi) is 3.58. The molecule has 0 aliphatic heterocycles. The van der Waals surface area contributed by atoms with Gasteiger partial charge in [-0.3, -0.25) is 0 Å². The highest BCUT2D eigenvalue weighted by Crippen LogP contribution is 2.14. The van der Waals surface area contributed by atoms with Gasteiger partial charge in [0.25, 0.3) is 0 Å². The molecule has 0 unspecified atom stereocenters. The number of nitrogens with zero attached hydrogens (tertiary/aromatic N) is 3. The van der Waals surface area contributed by atoms with Crippen LogP contribution < -0.4 is 5.73 Å². The third-order valence-corrected chi connectivity index (χ3v) is 3.66. The van der Waals surface area contributed by atoms with Gasteiger partial charge in [-0.15, -0.1) is 0 Å². The average Bonchev–Trinajstić information content (AvgIpc) is 2.65. The minimum atomic E-state index is -3.40. The van der Waals surface area contributed by atoms with Crippen molar-refractivity contribution in [2.24, 2.45) is 5.10 Å². The molecular formula is C12H13FN4O2S. The summed E-state index contributed by atoms with van der Waals surface area (Å²) in [5.41, 5.74) is 6.32. The Morgan fingerprint density at radius 1 is 1.45 bits per heavy atom. The number of hydrogen-bond donors (Lipinski definition) is 1. The Labute approximate surface area is 115 Å². The second-order valence-corrected chi connectivity index (χ2v) is 6.30. The molecule has 1 heterocycles. The van der Waals surface area contributed by atoms with Crippen LogP contribution in [0, 0.1) is 12.7 Å². The van der Waals surface area contributed by atoms with Crippen LogP contribution in [0.4, 0.5) is 10.3 Å². The van der Waals surface area contributed by atoms with E-state index in [0.29, 0.717) is 5.69 Å². The number of benzene rings is 1. The topological polar surface area (TPSA) is 90.3 Å². The Bertz CT molecular complexity index is 781. The van der Waals surface area contributed by atoms with E-state index in [1.54, 1.807) is 13.1 Å². The van der Waals surface area contributed by atoms with Gasteiger partial charge in [-0.2, -0.15) is 5.10 Å². The van der Waals surface area contributed by atoms with E-state index in [2.05, 4.69) is 10.1 Å². The number of halogens is 1. The second kappa shape index (κ2) is 5.04. The standard InChI is InChI=1S/C12H13FN4O2S/c1-8-7-17(12(14)16-8)15-6-9-5-10(20(2,18)19)3-4-11(9)13/h3-7H,1-2H3,(H2,14,16). The fourth-order valence-corrected chi connectivity index (χ4v) is 2.23. The maximum absolute atomic E-state index is 13.6. The Morgan fingerprint density at radius 3 is 2.70 bits per heavy atom. The van der Waals surface area contributed by atoms with Crippen LogP contribution in [0.1, 0.15) is 11.3 Å². The first-order valence-electron chi connectivity index (χ1n) is 5.63. The molecule has 1 aromatic carbocycles. The molecule has 1 aromatic heterocycles. The van der Waals surface area contributed by atoms with Crippen LogP contribution in [-0.2, 0) is 9.84 Å². The van der Waals surface area contributed by atoms with Crippen LogP contribution in [0.15, 0.2) is 34.4 Å². The molecule has 0 spiro atoms. The number of hydrogen-bond acceptors (Lipinski definition) is 5. The number of imidazole rings is 1. The zero-order valence-electron chi connectivity index (χ0n) is 10.9. The van der Waals surface area contributed by atoms with Crippen molar-refractivity contribution in [1.29, 1.82) is 0 Å². The Hall–Kier alpha value is -2.22. The number of aryl methyl sites for hydroxylation is 1. The quantitative estimate of drug-likeness (QED) is 0.680. The van der Waals surface area contributed by atoms with Crippen molar-refractivity contribution >= 4 is 22.0 Å². The molecule has 0 radical (unpaired) electrons. The first-order chi connectivity index (χ1) is 9.27. The van der Waals surface area contributed by atoms with E-state index >= 15 is 0 Å². The summed E-state index contributed by atoms with van der Waals surface area (Å²) in [5.74, 6) is -0.407. The van der Waals surface area contributed by atoms with E-state index in [0.717, 1.165) is 12.3 Å². The Morgan fingerprint density at radius 2 is 2.15 bits per heavy atom. The van der Waals surface area contributed by atoms with Gasteiger partial charge in [0.05, 0.1) is 23.0 Å². The third kappa shape index (κ3) is 3.02. The minimum Gasteiger partial charge on any atom is -0.368 e. The molecular weight excluding hydrogens is 283 g/mol. The monoisotopic (exact) mass is 296 g/mol. The van der Waals surface area contributed by atoms with Crippen molar-refractivity contribution in [1.82, 2.24) is 9.66 Å². The van der Waals surface area contributed by atoms with E-state index in [1.165, 1.54) is 23.0 Å². The highest BCUT2D eigenvalue weighted by atomic mass is 32.2. The molecule has 0 fully saturated rings. The van der Waals surface area contributed by atoms with Crippen LogP contribution in [0.2, 0.25) is 0 Å². The van der Waals surface area contributed by atoms with Crippen LogP contribution in [0.5, 0.6) is 0 Å². The van der Waals surface area contributed by atoms with Gasteiger partial charge < -0.3 is 5.73 Å². The summed E-state index contributed by atoms with van der Waals surface area (Å²) in [4.78, 5) is 3.96. The molecule has 0 amide bonds. The zero-order valence-corrected chi connectivity index (χ0v) is 11.7. The molecule has 0 saturated carbocycles. The summed E-state index contributed by atoms with van der Waals surface area (Å²) in [6.45, 7) is 1.74. The molecule has 2 aromatic rings. The average molecular weight is 296 g/mol. The van der Waals surface area contributed by atoms with E-state index < -0.39 is 15.7 Å². The van der Waals surface area contributed by atoms with Crippen LogP contribution >= 0.6 is 0 Å². The summed E-state index contributed by atoms with van der Waals surface area (Å²) in [7, 11) is -3.40. The van der Waals surface area contributed by atoms with Gasteiger partial charge in [-0.05, 0) is 25.1 Å². The van der Waals surface area contributed by atoms with E-state index in [1.807, 2.05) is 0 Å². The van der Waals surface area contributed by atoms with Crippen molar-refractivity contribution in [2.45, 2.75) is 11.8 Å². The normalized spacial score (nSPS) is 12.2. The van der Waals surface area contributed by atoms with Crippen molar-refractivity contribution < 1.29 is 12.8 Å². The van der Waals surface area contributed by atoms with Crippen LogP contribution in [-0.4, -0.2) is 30.5 Å². The molecule has 106 valence electrons. The first kappa shape index (κ1) is 14.2. The lowest BCUT2D eigenvalue weighted by Crippen LogP contribution is -2.01. The molecule has 8 heteroatoms. The fourth-order valence-electron chi connectivity index (χ4n) is 1.57. The molecule has 0 saturated heterocycles. The largest absolute Gasteiger partial charge is 0.368 e. The lowest BCUT2D eigenvalue weighted by Gasteiger charge is -2.01. The summed E-state index contributed by atoms with van der Waals surface area (Å²) in [6, 6.07) is 3.51. The highest BCUT2D eigenvalue weighted by Gasteiger charge is 2.10. The zero-order chi connectivity index (χ0) is 14.9. The Balaban J connectivity index is 2.41. The molecule has 0 atom stereocenters. The predicted molar refractivity (Wildman–Crippen MR) is 73.9 cm³/mol. The number of sulfone groups is 1. The number of nitrogen functional groups attached to an aromatic ring is 1. The maximum Gasteiger partial charge on any atom is 0.221 e. The fraction of sp³-hybridized carbons (Fsp3) is 0.167. The van der Waals surface area contributed by atoms with Gasteiger partial charge in [-0.1, -0.05) is 0 Å². The summed E-state index contributed by atoms with van der Waals surface area (Å²) in [6.07, 6.45) is 3.82. The smallest absolute Gasteiger partial charge is 0.221 e. The summed E-state index contributed by atoms with van der Waals surface area (Å²) >= 11 is 0. The van der Waals surface area contributed by atoms with Crippen molar-refractivity contribution in [2.75, 3.05) is 12.0 Å². The van der Waals surface area contributed by atoms with Crippen molar-refractivity contribution in [3.05, 3.63) is 41.5 Å². The SMILES string of the molecule is Cc1cn(N=Cc2cc(S(C)(=O)=O)ccc2F)c(N)n1. The predicted octanol–water partition coefficient (Wildman–Crippen LogP) is 1.20. The van der Waals surface area contributed by atoms with E-state index in [9.17, 15) is 12.8 Å². The molecule has 0 aliphatic carbocycles. The van der Waals surface area contributed by atoms with Gasteiger partial charge in [0.2, 0.25) is 5.95 Å². The first-order valence-corrected chi connectivity index (χ1v) is 7.52. The van der Waals surface area contributed by atoms with E-state index in [4.69, 9.17) is 5.73 Å². The molecule has 2 N–H and O–H groups in total. The van der Waals surface area contributed by atoms with Crippen LogP contribution in [0.25, 0.3) is 0 Å². The lowest BCUT2D eigenvalue weighted by atomic mass is 10.2. The molecule has 20 heavy (non-hydrogen) atoms. The second-order valence-electron chi connectivity index (χ2n) is 4.29. The maximum atomic E-state index is 13.6. The third-order valence-electron chi connectivity index (χ3n) is 2.55. The van der Waals surface area contributed by atoms with Gasteiger partial charge in [0, 0.05) is 11.8 Å². The number of nitrogens with two attached hydrogens (primary N) is 1. The number of aromatic nitrogens is 2. The van der Waals surface area contributed by atoms with Gasteiger partial charge in [0.1, 0.15) is 5.82 Å². The van der Waals surface area contributed by atoms with Crippen molar-refractivity contribution in [3.63, 3.8) is 0 Å². The number of rotatable bonds is 3. The van der Waals surface area contributed by atoms with E-state index in [-0.39, 0.29) is 16.4 Å². The number of anilines is 1. The van der Waals surface area contributed by atoms with Gasteiger partial charge >= 0.3 is 0 Å². The van der Waals surface area contributed by atoms with Crippen LogP contribution in [0.3, 0.4) is 0 Å². The summed E-state index contributed by atoms with van der Waals surface area (Å²) < 4.78 is 37.8.